The molecule has 0 aromatic heterocycles. The van der Waals surface area contributed by atoms with E-state index in [0.29, 0.717) is 18.7 Å². The quantitative estimate of drug-likeness (QED) is 0.444. The van der Waals surface area contributed by atoms with Gasteiger partial charge in [0, 0.05) is 19.0 Å². The highest BCUT2D eigenvalue weighted by molar-refractivity contribution is 5.88. The Morgan fingerprint density at radius 1 is 0.857 bits per heavy atom. The molecule has 0 radical (unpaired) electrons. The van der Waals surface area contributed by atoms with E-state index in [1.165, 1.54) is 0 Å². The number of rotatable bonds is 10. The smallest absolute Gasteiger partial charge is 0.261 e. The minimum absolute atomic E-state index is 0.0384. The van der Waals surface area contributed by atoms with E-state index in [0.717, 1.165) is 27.8 Å². The molecule has 0 bridgehead atoms. The zero-order chi connectivity index (χ0) is 25.4. The lowest BCUT2D eigenvalue weighted by atomic mass is 10.0. The summed E-state index contributed by atoms with van der Waals surface area (Å²) < 4.78 is 5.93. The van der Waals surface area contributed by atoms with E-state index in [-0.39, 0.29) is 24.5 Å². The van der Waals surface area contributed by atoms with Gasteiger partial charge >= 0.3 is 0 Å². The topological polar surface area (TPSA) is 58.6 Å². The number of nitrogens with zero attached hydrogens (tertiary/aromatic N) is 1. The number of benzene rings is 3. The molecule has 35 heavy (non-hydrogen) atoms. The number of nitrogens with one attached hydrogen (secondary N) is 1. The molecule has 0 saturated carbocycles. The van der Waals surface area contributed by atoms with Gasteiger partial charge in [-0.3, -0.25) is 9.59 Å². The van der Waals surface area contributed by atoms with Gasteiger partial charge < -0.3 is 15.0 Å². The first kappa shape index (κ1) is 26.0. The van der Waals surface area contributed by atoms with Crippen LogP contribution in [0.3, 0.4) is 0 Å². The van der Waals surface area contributed by atoms with Crippen molar-refractivity contribution >= 4 is 11.8 Å². The van der Waals surface area contributed by atoms with Crippen molar-refractivity contribution < 1.29 is 14.3 Å². The van der Waals surface area contributed by atoms with Crippen LogP contribution in [0.25, 0.3) is 0 Å². The molecule has 2 amide bonds. The second kappa shape index (κ2) is 12.2. The Hall–Kier alpha value is -3.60. The molecule has 184 valence electrons. The Morgan fingerprint density at radius 3 is 2.14 bits per heavy atom. The van der Waals surface area contributed by atoms with Gasteiger partial charge in [0.2, 0.25) is 5.91 Å². The van der Waals surface area contributed by atoms with Crippen LogP contribution in [0.15, 0.2) is 72.8 Å². The van der Waals surface area contributed by atoms with Crippen molar-refractivity contribution in [2.75, 3.05) is 6.61 Å². The van der Waals surface area contributed by atoms with Crippen LogP contribution in [-0.2, 0) is 22.6 Å². The average molecular weight is 473 g/mol. The fourth-order valence-electron chi connectivity index (χ4n) is 4.01. The Labute approximate surface area is 209 Å². The average Bonchev–Trinajstić information content (AvgIpc) is 2.82. The van der Waals surface area contributed by atoms with E-state index >= 15 is 0 Å². The van der Waals surface area contributed by atoms with Crippen molar-refractivity contribution in [3.8, 4) is 5.75 Å². The van der Waals surface area contributed by atoms with Gasteiger partial charge in [-0.15, -0.1) is 0 Å². The SMILES string of the molecule is Cc1ccc(CN(C(=O)COc2ccc(C)cc2C)C(Cc2ccccc2)C(=O)NC(C)C)cc1. The second-order valence-corrected chi connectivity index (χ2v) is 9.43. The third-order valence-corrected chi connectivity index (χ3v) is 5.86. The summed E-state index contributed by atoms with van der Waals surface area (Å²) >= 11 is 0. The van der Waals surface area contributed by atoms with E-state index in [2.05, 4.69) is 5.32 Å². The van der Waals surface area contributed by atoms with E-state index in [9.17, 15) is 9.59 Å². The minimum Gasteiger partial charge on any atom is -0.483 e. The molecule has 0 heterocycles. The van der Waals surface area contributed by atoms with Crippen LogP contribution in [0.4, 0.5) is 0 Å². The third kappa shape index (κ3) is 7.71. The molecule has 0 aliphatic rings. The van der Waals surface area contributed by atoms with Crippen LogP contribution < -0.4 is 10.1 Å². The third-order valence-electron chi connectivity index (χ3n) is 5.86. The largest absolute Gasteiger partial charge is 0.483 e. The number of ether oxygens (including phenoxy) is 1. The van der Waals surface area contributed by atoms with Gasteiger partial charge in [0.25, 0.3) is 5.91 Å². The zero-order valence-corrected chi connectivity index (χ0v) is 21.4. The highest BCUT2D eigenvalue weighted by Gasteiger charge is 2.31. The molecule has 3 aromatic rings. The maximum atomic E-state index is 13.6. The molecule has 5 nitrogen and oxygen atoms in total. The van der Waals surface area contributed by atoms with E-state index < -0.39 is 6.04 Å². The first-order valence-electron chi connectivity index (χ1n) is 12.1. The molecule has 5 heteroatoms. The maximum absolute atomic E-state index is 13.6. The number of hydrogen-bond donors (Lipinski definition) is 1. The predicted octanol–water partition coefficient (Wildman–Crippen LogP) is 5.16. The van der Waals surface area contributed by atoms with Gasteiger partial charge in [-0.25, -0.2) is 0 Å². The molecule has 1 unspecified atom stereocenters. The van der Waals surface area contributed by atoms with Crippen LogP contribution in [0.5, 0.6) is 5.75 Å². The fraction of sp³-hybridized carbons (Fsp3) is 0.333. The molecular formula is C30H36N2O3. The normalized spacial score (nSPS) is 11.7. The highest BCUT2D eigenvalue weighted by Crippen LogP contribution is 2.20. The molecule has 0 saturated heterocycles. The molecular weight excluding hydrogens is 436 g/mol. The van der Waals surface area contributed by atoms with Crippen molar-refractivity contribution in [1.29, 1.82) is 0 Å². The summed E-state index contributed by atoms with van der Waals surface area (Å²) in [6, 6.07) is 23.0. The number of aryl methyl sites for hydroxylation is 3. The lowest BCUT2D eigenvalue weighted by molar-refractivity contribution is -0.143. The van der Waals surface area contributed by atoms with Gasteiger partial charge in [0.15, 0.2) is 6.61 Å². The summed E-state index contributed by atoms with van der Waals surface area (Å²) in [5, 5.41) is 3.01. The van der Waals surface area contributed by atoms with Crippen LogP contribution in [0.2, 0.25) is 0 Å². The second-order valence-electron chi connectivity index (χ2n) is 9.43. The summed E-state index contributed by atoms with van der Waals surface area (Å²) in [6.45, 7) is 10.0. The highest BCUT2D eigenvalue weighted by atomic mass is 16.5. The Balaban J connectivity index is 1.91. The van der Waals surface area contributed by atoms with Crippen molar-refractivity contribution in [3.63, 3.8) is 0 Å². The zero-order valence-electron chi connectivity index (χ0n) is 21.4. The summed E-state index contributed by atoms with van der Waals surface area (Å²) in [5.41, 5.74) is 5.21. The predicted molar refractivity (Wildman–Crippen MR) is 140 cm³/mol. The number of amides is 2. The Morgan fingerprint density at radius 2 is 1.51 bits per heavy atom. The van der Waals surface area contributed by atoms with Gasteiger partial charge in [-0.2, -0.15) is 0 Å². The maximum Gasteiger partial charge on any atom is 0.261 e. The molecule has 3 rings (SSSR count). The number of hydrogen-bond acceptors (Lipinski definition) is 3. The summed E-state index contributed by atoms with van der Waals surface area (Å²) in [7, 11) is 0. The van der Waals surface area contributed by atoms with Crippen LogP contribution >= 0.6 is 0 Å². The first-order valence-corrected chi connectivity index (χ1v) is 12.1. The Kier molecular flexibility index (Phi) is 9.07. The lowest BCUT2D eigenvalue weighted by Gasteiger charge is -2.32. The first-order chi connectivity index (χ1) is 16.7. The van der Waals surface area contributed by atoms with E-state index in [4.69, 9.17) is 4.74 Å². The van der Waals surface area contributed by atoms with Gasteiger partial charge in [-0.05, 0) is 57.4 Å². The lowest BCUT2D eigenvalue weighted by Crippen LogP contribution is -2.52. The van der Waals surface area contributed by atoms with E-state index in [1.807, 2.05) is 107 Å². The molecule has 0 spiro atoms. The van der Waals surface area contributed by atoms with Crippen molar-refractivity contribution in [2.45, 2.75) is 59.7 Å². The molecule has 0 aliphatic heterocycles. The van der Waals surface area contributed by atoms with Gasteiger partial charge in [-0.1, -0.05) is 77.9 Å². The Bertz CT molecular complexity index is 1120. The number of carbonyl (C=O) groups is 2. The van der Waals surface area contributed by atoms with Gasteiger partial charge in [0.1, 0.15) is 11.8 Å². The van der Waals surface area contributed by atoms with Crippen LogP contribution in [-0.4, -0.2) is 35.4 Å². The number of carbonyl (C=O) groups excluding carboxylic acids is 2. The van der Waals surface area contributed by atoms with Gasteiger partial charge in [0.05, 0.1) is 0 Å². The van der Waals surface area contributed by atoms with Crippen molar-refractivity contribution in [1.82, 2.24) is 10.2 Å². The van der Waals surface area contributed by atoms with Crippen molar-refractivity contribution in [3.05, 3.63) is 101 Å². The van der Waals surface area contributed by atoms with E-state index in [1.54, 1.807) is 4.90 Å². The minimum atomic E-state index is -0.670. The molecule has 0 aliphatic carbocycles. The summed E-state index contributed by atoms with van der Waals surface area (Å²) in [6.07, 6.45) is 0.417. The van der Waals surface area contributed by atoms with Crippen molar-refractivity contribution in [2.24, 2.45) is 0 Å². The standard InChI is InChI=1S/C30H36N2O3/c1-21(2)31-30(34)27(18-25-9-7-6-8-10-25)32(19-26-14-11-22(3)12-15-26)29(33)20-35-28-16-13-23(4)17-24(28)5/h6-17,21,27H,18-20H2,1-5H3,(H,31,34). The molecule has 1 N–H and O–H groups in total. The summed E-state index contributed by atoms with van der Waals surface area (Å²) in [4.78, 5) is 28.6. The summed E-state index contributed by atoms with van der Waals surface area (Å²) in [5.74, 6) is 0.270. The molecule has 3 aromatic carbocycles. The fourth-order valence-corrected chi connectivity index (χ4v) is 4.01. The molecule has 0 fully saturated rings. The molecule has 1 atom stereocenters. The van der Waals surface area contributed by atoms with Crippen LogP contribution in [0, 0.1) is 20.8 Å². The van der Waals surface area contributed by atoms with Crippen LogP contribution in [0.1, 0.15) is 41.7 Å². The monoisotopic (exact) mass is 472 g/mol.